The Balaban J connectivity index is 1.69. The van der Waals surface area contributed by atoms with Gasteiger partial charge in [0.15, 0.2) is 0 Å². The van der Waals surface area contributed by atoms with Gasteiger partial charge < -0.3 is 5.32 Å². The van der Waals surface area contributed by atoms with E-state index in [0.29, 0.717) is 18.7 Å². The Bertz CT molecular complexity index is 802. The van der Waals surface area contributed by atoms with Crippen LogP contribution < -0.4 is 5.32 Å². The number of aromatic nitrogens is 3. The SMILES string of the molecule is O=C(NCc1ccccc1Cn1cncn1)c1cccc(Br)c1. The first-order valence-corrected chi connectivity index (χ1v) is 7.94. The second-order valence-corrected chi connectivity index (χ2v) is 5.97. The highest BCUT2D eigenvalue weighted by Crippen LogP contribution is 2.13. The summed E-state index contributed by atoms with van der Waals surface area (Å²) in [6.07, 6.45) is 3.19. The van der Waals surface area contributed by atoms with Crippen LogP contribution in [0.5, 0.6) is 0 Å². The summed E-state index contributed by atoms with van der Waals surface area (Å²) in [5.41, 5.74) is 2.80. The second kappa shape index (κ2) is 7.19. The van der Waals surface area contributed by atoms with Gasteiger partial charge in [-0.3, -0.25) is 4.79 Å². The smallest absolute Gasteiger partial charge is 0.251 e. The molecule has 3 aromatic rings. The predicted octanol–water partition coefficient (Wildman–Crippen LogP) is 3.02. The van der Waals surface area contributed by atoms with Gasteiger partial charge in [-0.05, 0) is 29.3 Å². The number of benzene rings is 2. The lowest BCUT2D eigenvalue weighted by Gasteiger charge is -2.11. The highest BCUT2D eigenvalue weighted by atomic mass is 79.9. The van der Waals surface area contributed by atoms with Crippen molar-refractivity contribution in [2.75, 3.05) is 0 Å². The van der Waals surface area contributed by atoms with E-state index >= 15 is 0 Å². The van der Waals surface area contributed by atoms with Gasteiger partial charge in [0.25, 0.3) is 5.91 Å². The van der Waals surface area contributed by atoms with Crippen molar-refractivity contribution in [3.63, 3.8) is 0 Å². The molecule has 0 aliphatic rings. The van der Waals surface area contributed by atoms with E-state index in [4.69, 9.17) is 0 Å². The molecule has 0 saturated carbocycles. The summed E-state index contributed by atoms with van der Waals surface area (Å²) in [6.45, 7) is 1.10. The van der Waals surface area contributed by atoms with E-state index in [1.807, 2.05) is 36.4 Å². The molecule has 116 valence electrons. The molecule has 0 atom stereocenters. The van der Waals surface area contributed by atoms with Crippen molar-refractivity contribution in [2.24, 2.45) is 0 Å². The van der Waals surface area contributed by atoms with Crippen LogP contribution in [0.25, 0.3) is 0 Å². The maximum Gasteiger partial charge on any atom is 0.251 e. The molecule has 1 N–H and O–H groups in total. The number of carbonyl (C=O) groups excluding carboxylic acids is 1. The number of nitrogens with one attached hydrogen (secondary N) is 1. The van der Waals surface area contributed by atoms with E-state index in [0.717, 1.165) is 15.6 Å². The average molecular weight is 371 g/mol. The third-order valence-corrected chi connectivity index (χ3v) is 3.94. The molecule has 0 aliphatic carbocycles. The number of halogens is 1. The fraction of sp³-hybridized carbons (Fsp3) is 0.118. The molecule has 0 saturated heterocycles. The molecule has 0 fully saturated rings. The van der Waals surface area contributed by atoms with Crippen LogP contribution in [0.15, 0.2) is 65.7 Å². The van der Waals surface area contributed by atoms with Crippen molar-refractivity contribution in [2.45, 2.75) is 13.1 Å². The van der Waals surface area contributed by atoms with E-state index in [1.165, 1.54) is 6.33 Å². The van der Waals surface area contributed by atoms with Crippen LogP contribution >= 0.6 is 15.9 Å². The van der Waals surface area contributed by atoms with E-state index in [-0.39, 0.29) is 5.91 Å². The van der Waals surface area contributed by atoms with Crippen molar-refractivity contribution in [3.8, 4) is 0 Å². The summed E-state index contributed by atoms with van der Waals surface area (Å²) in [5, 5.41) is 7.08. The zero-order valence-electron chi connectivity index (χ0n) is 12.3. The molecule has 2 aromatic carbocycles. The standard InChI is InChI=1S/C17H15BrN4O/c18-16-7-3-6-13(8-16)17(23)20-9-14-4-1-2-5-15(14)10-22-12-19-11-21-22/h1-8,11-12H,9-10H2,(H,20,23). The lowest BCUT2D eigenvalue weighted by atomic mass is 10.1. The van der Waals surface area contributed by atoms with Crippen molar-refractivity contribution in [3.05, 3.63) is 82.3 Å². The topological polar surface area (TPSA) is 59.8 Å². The van der Waals surface area contributed by atoms with Gasteiger partial charge in [-0.1, -0.05) is 46.3 Å². The highest BCUT2D eigenvalue weighted by Gasteiger charge is 2.08. The number of nitrogens with zero attached hydrogens (tertiary/aromatic N) is 3. The molecule has 0 bridgehead atoms. The van der Waals surface area contributed by atoms with E-state index in [1.54, 1.807) is 23.1 Å². The van der Waals surface area contributed by atoms with E-state index in [2.05, 4.69) is 31.3 Å². The van der Waals surface area contributed by atoms with E-state index < -0.39 is 0 Å². The first-order chi connectivity index (χ1) is 11.2. The fourth-order valence-corrected chi connectivity index (χ4v) is 2.68. The molecule has 3 rings (SSSR count). The Morgan fingerprint density at radius 3 is 2.70 bits per heavy atom. The third-order valence-electron chi connectivity index (χ3n) is 3.44. The largest absolute Gasteiger partial charge is 0.348 e. The highest BCUT2D eigenvalue weighted by molar-refractivity contribution is 9.10. The molecule has 6 heteroatoms. The van der Waals surface area contributed by atoms with Crippen LogP contribution in [0.3, 0.4) is 0 Å². The molecule has 5 nitrogen and oxygen atoms in total. The van der Waals surface area contributed by atoms with Crippen LogP contribution in [0.4, 0.5) is 0 Å². The van der Waals surface area contributed by atoms with Crippen LogP contribution in [0, 0.1) is 0 Å². The van der Waals surface area contributed by atoms with Gasteiger partial charge in [-0.2, -0.15) is 5.10 Å². The molecular weight excluding hydrogens is 356 g/mol. The Kier molecular flexibility index (Phi) is 4.83. The molecule has 0 aliphatic heterocycles. The summed E-state index contributed by atoms with van der Waals surface area (Å²) < 4.78 is 2.64. The first kappa shape index (κ1) is 15.4. The average Bonchev–Trinajstić information content (AvgIpc) is 3.07. The van der Waals surface area contributed by atoms with Gasteiger partial charge in [0.1, 0.15) is 12.7 Å². The lowest BCUT2D eigenvalue weighted by Crippen LogP contribution is -2.23. The fourth-order valence-electron chi connectivity index (χ4n) is 2.28. The number of carbonyl (C=O) groups is 1. The van der Waals surface area contributed by atoms with Gasteiger partial charge in [-0.25, -0.2) is 9.67 Å². The van der Waals surface area contributed by atoms with Crippen LogP contribution in [0.2, 0.25) is 0 Å². The summed E-state index contributed by atoms with van der Waals surface area (Å²) in [5.74, 6) is -0.0955. The molecule has 1 heterocycles. The van der Waals surface area contributed by atoms with Crippen molar-refractivity contribution < 1.29 is 4.79 Å². The van der Waals surface area contributed by atoms with Crippen molar-refractivity contribution in [1.29, 1.82) is 0 Å². The minimum absolute atomic E-state index is 0.0955. The molecule has 0 spiro atoms. The minimum Gasteiger partial charge on any atom is -0.348 e. The summed E-state index contributed by atoms with van der Waals surface area (Å²) in [4.78, 5) is 16.2. The van der Waals surface area contributed by atoms with Crippen LogP contribution in [0.1, 0.15) is 21.5 Å². The number of rotatable bonds is 5. The quantitative estimate of drug-likeness (QED) is 0.750. The number of hydrogen-bond acceptors (Lipinski definition) is 3. The Morgan fingerprint density at radius 2 is 1.96 bits per heavy atom. The first-order valence-electron chi connectivity index (χ1n) is 7.15. The van der Waals surface area contributed by atoms with Crippen LogP contribution in [-0.4, -0.2) is 20.7 Å². The van der Waals surface area contributed by atoms with Crippen LogP contribution in [-0.2, 0) is 13.1 Å². The second-order valence-electron chi connectivity index (χ2n) is 5.05. The number of hydrogen-bond donors (Lipinski definition) is 1. The van der Waals surface area contributed by atoms with Crippen molar-refractivity contribution >= 4 is 21.8 Å². The molecule has 1 amide bonds. The Labute approximate surface area is 142 Å². The summed E-state index contributed by atoms with van der Waals surface area (Å²) >= 11 is 3.38. The van der Waals surface area contributed by atoms with Gasteiger partial charge in [0.05, 0.1) is 6.54 Å². The molecule has 0 radical (unpaired) electrons. The lowest BCUT2D eigenvalue weighted by molar-refractivity contribution is 0.0951. The zero-order chi connectivity index (χ0) is 16.1. The molecule has 0 unspecified atom stereocenters. The van der Waals surface area contributed by atoms with Gasteiger partial charge in [0, 0.05) is 16.6 Å². The third kappa shape index (κ3) is 4.04. The maximum atomic E-state index is 12.2. The van der Waals surface area contributed by atoms with Gasteiger partial charge >= 0.3 is 0 Å². The summed E-state index contributed by atoms with van der Waals surface area (Å²) in [6, 6.07) is 15.3. The van der Waals surface area contributed by atoms with Crippen molar-refractivity contribution in [1.82, 2.24) is 20.1 Å². The number of amides is 1. The maximum absolute atomic E-state index is 12.2. The summed E-state index contributed by atoms with van der Waals surface area (Å²) in [7, 11) is 0. The normalized spacial score (nSPS) is 10.5. The Morgan fingerprint density at radius 1 is 1.13 bits per heavy atom. The molecule has 23 heavy (non-hydrogen) atoms. The zero-order valence-corrected chi connectivity index (χ0v) is 13.9. The molecular formula is C17H15BrN4O. The predicted molar refractivity (Wildman–Crippen MR) is 90.9 cm³/mol. The minimum atomic E-state index is -0.0955. The van der Waals surface area contributed by atoms with E-state index in [9.17, 15) is 4.79 Å². The van der Waals surface area contributed by atoms with Gasteiger partial charge in [0.2, 0.25) is 0 Å². The molecule has 1 aromatic heterocycles. The monoisotopic (exact) mass is 370 g/mol. The Hall–Kier alpha value is -2.47. The van der Waals surface area contributed by atoms with Gasteiger partial charge in [-0.15, -0.1) is 0 Å².